The number of fused-ring (bicyclic) bond motifs is 1. The van der Waals surface area contributed by atoms with Crippen molar-refractivity contribution in [3.63, 3.8) is 0 Å². The van der Waals surface area contributed by atoms with Crippen LogP contribution in [0.3, 0.4) is 0 Å². The molecule has 1 aliphatic carbocycles. The molecule has 94 valence electrons. The lowest BCUT2D eigenvalue weighted by Crippen LogP contribution is -2.20. The summed E-state index contributed by atoms with van der Waals surface area (Å²) in [6.45, 7) is 6.99. The minimum atomic E-state index is 0.182. The predicted molar refractivity (Wildman–Crippen MR) is 72.5 cm³/mol. The first-order valence-corrected chi connectivity index (χ1v) is 7.47. The monoisotopic (exact) mass is 251 g/mol. The van der Waals surface area contributed by atoms with Crippen molar-refractivity contribution in [3.8, 4) is 0 Å². The SMILES string of the molecule is CC1CN(c2nc3c(s2)CCCC3N)CC1C. The standard InChI is InChI=1S/C13H21N3S/c1-8-6-16(7-9(8)2)13-15-12-10(14)4-3-5-11(12)17-13/h8-10H,3-7,14H2,1-2H3. The second-order valence-electron chi connectivity index (χ2n) is 5.66. The molecule has 0 aromatic carbocycles. The van der Waals surface area contributed by atoms with Crippen molar-refractivity contribution in [3.05, 3.63) is 10.6 Å². The molecule has 3 unspecified atom stereocenters. The van der Waals surface area contributed by atoms with Crippen LogP contribution in [0.15, 0.2) is 0 Å². The molecule has 0 amide bonds. The van der Waals surface area contributed by atoms with Crippen LogP contribution in [-0.4, -0.2) is 18.1 Å². The van der Waals surface area contributed by atoms with Crippen molar-refractivity contribution in [2.45, 2.75) is 39.2 Å². The van der Waals surface area contributed by atoms with Crippen LogP contribution in [0.5, 0.6) is 0 Å². The lowest BCUT2D eigenvalue weighted by Gasteiger charge is -2.16. The van der Waals surface area contributed by atoms with E-state index in [0.717, 1.165) is 31.3 Å². The average molecular weight is 251 g/mol. The first kappa shape index (κ1) is 11.5. The lowest BCUT2D eigenvalue weighted by molar-refractivity contribution is 0.494. The lowest BCUT2D eigenvalue weighted by atomic mass is 9.99. The first-order valence-electron chi connectivity index (χ1n) is 6.65. The van der Waals surface area contributed by atoms with Crippen molar-refractivity contribution in [2.75, 3.05) is 18.0 Å². The summed E-state index contributed by atoms with van der Waals surface area (Å²) in [4.78, 5) is 8.69. The summed E-state index contributed by atoms with van der Waals surface area (Å²) in [6.07, 6.45) is 3.51. The number of aryl methyl sites for hydroxylation is 1. The Balaban J connectivity index is 1.85. The number of hydrogen-bond donors (Lipinski definition) is 1. The van der Waals surface area contributed by atoms with Crippen molar-refractivity contribution in [1.29, 1.82) is 0 Å². The fraction of sp³-hybridized carbons (Fsp3) is 0.769. The van der Waals surface area contributed by atoms with Crippen LogP contribution in [0.2, 0.25) is 0 Å². The summed E-state index contributed by atoms with van der Waals surface area (Å²) in [5.74, 6) is 1.56. The highest BCUT2D eigenvalue weighted by atomic mass is 32.1. The first-order chi connectivity index (χ1) is 8.15. The maximum absolute atomic E-state index is 6.14. The van der Waals surface area contributed by atoms with Crippen LogP contribution in [-0.2, 0) is 6.42 Å². The fourth-order valence-electron chi connectivity index (χ4n) is 2.86. The maximum atomic E-state index is 6.14. The molecular formula is C13H21N3S. The van der Waals surface area contributed by atoms with E-state index in [2.05, 4.69) is 18.7 Å². The van der Waals surface area contributed by atoms with Crippen molar-refractivity contribution < 1.29 is 0 Å². The van der Waals surface area contributed by atoms with Crippen LogP contribution in [0, 0.1) is 11.8 Å². The molecule has 0 saturated carbocycles. The quantitative estimate of drug-likeness (QED) is 0.834. The molecule has 3 nitrogen and oxygen atoms in total. The van der Waals surface area contributed by atoms with Gasteiger partial charge in [-0.3, -0.25) is 0 Å². The fourth-order valence-corrected chi connectivity index (χ4v) is 4.05. The molecule has 1 aliphatic heterocycles. The van der Waals surface area contributed by atoms with Gasteiger partial charge >= 0.3 is 0 Å². The summed E-state index contributed by atoms with van der Waals surface area (Å²) in [7, 11) is 0. The van der Waals surface area contributed by atoms with Gasteiger partial charge < -0.3 is 10.6 Å². The van der Waals surface area contributed by atoms with Gasteiger partial charge in [-0.1, -0.05) is 13.8 Å². The Bertz CT molecular complexity index is 405. The number of rotatable bonds is 1. The van der Waals surface area contributed by atoms with Crippen molar-refractivity contribution >= 4 is 16.5 Å². The second-order valence-corrected chi connectivity index (χ2v) is 6.73. The summed E-state index contributed by atoms with van der Waals surface area (Å²) in [5, 5.41) is 1.21. The zero-order valence-corrected chi connectivity index (χ0v) is 11.5. The van der Waals surface area contributed by atoms with Gasteiger partial charge in [-0.2, -0.15) is 0 Å². The highest BCUT2D eigenvalue weighted by Gasteiger charge is 2.30. The van der Waals surface area contributed by atoms with Crippen LogP contribution < -0.4 is 10.6 Å². The Hall–Kier alpha value is -0.610. The van der Waals surface area contributed by atoms with E-state index in [1.54, 1.807) is 0 Å². The van der Waals surface area contributed by atoms with Gasteiger partial charge in [0, 0.05) is 24.0 Å². The Kier molecular flexibility index (Phi) is 2.87. The molecular weight excluding hydrogens is 230 g/mol. The average Bonchev–Trinajstić information content (AvgIpc) is 2.85. The van der Waals surface area contributed by atoms with E-state index < -0.39 is 0 Å². The van der Waals surface area contributed by atoms with Gasteiger partial charge in [0.15, 0.2) is 5.13 Å². The number of nitrogens with two attached hydrogens (primary N) is 1. The van der Waals surface area contributed by atoms with Gasteiger partial charge in [-0.05, 0) is 31.1 Å². The van der Waals surface area contributed by atoms with Crippen molar-refractivity contribution in [1.82, 2.24) is 4.98 Å². The molecule has 3 atom stereocenters. The van der Waals surface area contributed by atoms with Crippen LogP contribution >= 0.6 is 11.3 Å². The summed E-state index contributed by atoms with van der Waals surface area (Å²) in [5.41, 5.74) is 7.32. The van der Waals surface area contributed by atoms with Crippen molar-refractivity contribution in [2.24, 2.45) is 17.6 Å². The molecule has 0 radical (unpaired) electrons. The van der Waals surface area contributed by atoms with Gasteiger partial charge in [0.05, 0.1) is 5.69 Å². The van der Waals surface area contributed by atoms with Crippen LogP contribution in [0.25, 0.3) is 0 Å². The minimum absolute atomic E-state index is 0.182. The maximum Gasteiger partial charge on any atom is 0.185 e. The molecule has 1 saturated heterocycles. The highest BCUT2D eigenvalue weighted by Crippen LogP contribution is 2.37. The van der Waals surface area contributed by atoms with Gasteiger partial charge in [-0.15, -0.1) is 11.3 Å². The van der Waals surface area contributed by atoms with E-state index >= 15 is 0 Å². The van der Waals surface area contributed by atoms with Gasteiger partial charge in [-0.25, -0.2) is 4.98 Å². The molecule has 2 aliphatic rings. The Labute approximate surface area is 107 Å². The number of hydrogen-bond acceptors (Lipinski definition) is 4. The molecule has 0 bridgehead atoms. The number of nitrogens with zero attached hydrogens (tertiary/aromatic N) is 2. The van der Waals surface area contributed by atoms with E-state index in [-0.39, 0.29) is 6.04 Å². The molecule has 4 heteroatoms. The molecule has 2 heterocycles. The van der Waals surface area contributed by atoms with Gasteiger partial charge in [0.2, 0.25) is 0 Å². The Morgan fingerprint density at radius 2 is 2.00 bits per heavy atom. The Morgan fingerprint density at radius 3 is 2.65 bits per heavy atom. The zero-order chi connectivity index (χ0) is 12.0. The van der Waals surface area contributed by atoms with E-state index in [9.17, 15) is 0 Å². The number of anilines is 1. The van der Waals surface area contributed by atoms with E-state index in [0.29, 0.717) is 0 Å². The molecule has 1 aromatic heterocycles. The van der Waals surface area contributed by atoms with Gasteiger partial charge in [0.1, 0.15) is 0 Å². The van der Waals surface area contributed by atoms with E-state index in [1.165, 1.54) is 28.5 Å². The third kappa shape index (κ3) is 1.97. The van der Waals surface area contributed by atoms with Gasteiger partial charge in [0.25, 0.3) is 0 Å². The Morgan fingerprint density at radius 1 is 1.29 bits per heavy atom. The van der Waals surface area contributed by atoms with E-state index in [4.69, 9.17) is 10.7 Å². The van der Waals surface area contributed by atoms with Crippen LogP contribution in [0.1, 0.15) is 43.3 Å². The minimum Gasteiger partial charge on any atom is -0.348 e. The number of thiazole rings is 1. The normalized spacial score (nSPS) is 32.9. The predicted octanol–water partition coefficient (Wildman–Crippen LogP) is 2.57. The highest BCUT2D eigenvalue weighted by molar-refractivity contribution is 7.15. The summed E-state index contributed by atoms with van der Waals surface area (Å²) >= 11 is 1.88. The second kappa shape index (κ2) is 4.25. The molecule has 1 fully saturated rings. The third-order valence-electron chi connectivity index (χ3n) is 4.25. The van der Waals surface area contributed by atoms with Crippen LogP contribution in [0.4, 0.5) is 5.13 Å². The molecule has 2 N–H and O–H groups in total. The molecule has 1 aromatic rings. The zero-order valence-electron chi connectivity index (χ0n) is 10.6. The molecule has 17 heavy (non-hydrogen) atoms. The van der Waals surface area contributed by atoms with E-state index in [1.807, 2.05) is 11.3 Å². The summed E-state index contributed by atoms with van der Waals surface area (Å²) < 4.78 is 0. The molecule has 3 rings (SSSR count). The topological polar surface area (TPSA) is 42.2 Å². The summed E-state index contributed by atoms with van der Waals surface area (Å²) in [6, 6.07) is 0.182. The largest absolute Gasteiger partial charge is 0.348 e. The third-order valence-corrected chi connectivity index (χ3v) is 5.44. The number of aromatic nitrogens is 1. The molecule has 0 spiro atoms. The smallest absolute Gasteiger partial charge is 0.185 e.